The summed E-state index contributed by atoms with van der Waals surface area (Å²) < 4.78 is 4.88. The molecule has 0 atom stereocenters. The lowest BCUT2D eigenvalue weighted by Crippen LogP contribution is -2.48. The molecular formula is C17H20N4O4. The first-order valence-electron chi connectivity index (χ1n) is 8.18. The molecule has 1 saturated heterocycles. The van der Waals surface area contributed by atoms with Crippen molar-refractivity contribution in [2.24, 2.45) is 0 Å². The van der Waals surface area contributed by atoms with Crippen LogP contribution >= 0.6 is 0 Å². The normalized spacial score (nSPS) is 15.1. The quantitative estimate of drug-likeness (QED) is 0.634. The van der Waals surface area contributed by atoms with Gasteiger partial charge in [-0.2, -0.15) is 0 Å². The van der Waals surface area contributed by atoms with E-state index in [-0.39, 0.29) is 5.76 Å². The topological polar surface area (TPSA) is 91.9 Å². The molecule has 0 aliphatic carbocycles. The number of furan rings is 1. The van der Waals surface area contributed by atoms with Gasteiger partial charge in [-0.25, -0.2) is 0 Å². The standard InChI is InChI=1S/C17H20N4O4/c22-17(15-6-7-16(25-15)21(23)24)18-8-9-19-10-12-20(13-11-19)14-4-2-1-3-5-14/h1-7H,8-13H2,(H,18,22). The van der Waals surface area contributed by atoms with E-state index in [0.29, 0.717) is 6.54 Å². The van der Waals surface area contributed by atoms with Crippen molar-refractivity contribution in [1.29, 1.82) is 0 Å². The lowest BCUT2D eigenvalue weighted by Gasteiger charge is -2.36. The van der Waals surface area contributed by atoms with Crippen LogP contribution in [0.25, 0.3) is 0 Å². The fraction of sp³-hybridized carbons (Fsp3) is 0.353. The van der Waals surface area contributed by atoms with Gasteiger partial charge < -0.3 is 14.6 Å². The van der Waals surface area contributed by atoms with Crippen molar-refractivity contribution in [3.63, 3.8) is 0 Å². The smallest absolute Gasteiger partial charge is 0.395 e. The Morgan fingerprint density at radius 3 is 2.48 bits per heavy atom. The van der Waals surface area contributed by atoms with E-state index in [1.807, 2.05) is 18.2 Å². The van der Waals surface area contributed by atoms with Crippen molar-refractivity contribution in [2.45, 2.75) is 0 Å². The van der Waals surface area contributed by atoms with Gasteiger partial charge in [0.05, 0.1) is 6.07 Å². The molecule has 8 heteroatoms. The third-order valence-electron chi connectivity index (χ3n) is 4.20. The number of carbonyl (C=O) groups excluding carboxylic acids is 1. The van der Waals surface area contributed by atoms with Crippen LogP contribution in [0.2, 0.25) is 0 Å². The van der Waals surface area contributed by atoms with Crippen molar-refractivity contribution >= 4 is 17.5 Å². The number of piperazine rings is 1. The highest BCUT2D eigenvalue weighted by molar-refractivity contribution is 5.91. The number of para-hydroxylation sites is 1. The van der Waals surface area contributed by atoms with Crippen molar-refractivity contribution in [1.82, 2.24) is 10.2 Å². The Kier molecular flexibility index (Phi) is 5.30. The Morgan fingerprint density at radius 1 is 1.12 bits per heavy atom. The number of amides is 1. The summed E-state index contributed by atoms with van der Waals surface area (Å²) in [7, 11) is 0. The zero-order valence-corrected chi connectivity index (χ0v) is 13.8. The number of benzene rings is 1. The van der Waals surface area contributed by atoms with Crippen molar-refractivity contribution < 1.29 is 14.1 Å². The Labute approximate surface area is 145 Å². The van der Waals surface area contributed by atoms with Gasteiger partial charge in [-0.1, -0.05) is 18.2 Å². The van der Waals surface area contributed by atoms with Crippen LogP contribution in [0.4, 0.5) is 11.6 Å². The maximum absolute atomic E-state index is 11.9. The summed E-state index contributed by atoms with van der Waals surface area (Å²) >= 11 is 0. The van der Waals surface area contributed by atoms with Crippen LogP contribution in [0.3, 0.4) is 0 Å². The Morgan fingerprint density at radius 2 is 1.84 bits per heavy atom. The number of nitrogens with zero attached hydrogens (tertiary/aromatic N) is 3. The molecule has 0 bridgehead atoms. The molecule has 3 rings (SSSR count). The lowest BCUT2D eigenvalue weighted by molar-refractivity contribution is -0.402. The number of anilines is 1. The van der Waals surface area contributed by atoms with Crippen LogP contribution < -0.4 is 10.2 Å². The van der Waals surface area contributed by atoms with Crippen LogP contribution in [0.5, 0.6) is 0 Å². The average molecular weight is 344 g/mol. The summed E-state index contributed by atoms with van der Waals surface area (Å²) in [6.45, 7) is 4.95. The van der Waals surface area contributed by atoms with Crippen molar-refractivity contribution in [3.8, 4) is 0 Å². The summed E-state index contributed by atoms with van der Waals surface area (Å²) in [4.78, 5) is 26.4. The highest BCUT2D eigenvalue weighted by atomic mass is 16.6. The van der Waals surface area contributed by atoms with Gasteiger partial charge in [0, 0.05) is 45.0 Å². The van der Waals surface area contributed by atoms with Crippen molar-refractivity contribution in [2.75, 3.05) is 44.2 Å². The van der Waals surface area contributed by atoms with E-state index in [9.17, 15) is 14.9 Å². The molecule has 2 aromatic rings. The first-order valence-corrected chi connectivity index (χ1v) is 8.18. The van der Waals surface area contributed by atoms with Crippen LogP contribution in [0, 0.1) is 10.1 Å². The largest absolute Gasteiger partial charge is 0.433 e. The van der Waals surface area contributed by atoms with Crippen LogP contribution in [-0.2, 0) is 0 Å². The van der Waals surface area contributed by atoms with Gasteiger partial charge in [0.1, 0.15) is 4.92 Å². The summed E-state index contributed by atoms with van der Waals surface area (Å²) in [5.74, 6) is -0.904. The predicted molar refractivity (Wildman–Crippen MR) is 92.8 cm³/mol. The number of hydrogen-bond acceptors (Lipinski definition) is 6. The van der Waals surface area contributed by atoms with Gasteiger partial charge in [0.25, 0.3) is 5.91 Å². The van der Waals surface area contributed by atoms with E-state index in [2.05, 4.69) is 27.2 Å². The van der Waals surface area contributed by atoms with Gasteiger partial charge in [0.2, 0.25) is 0 Å². The zero-order valence-electron chi connectivity index (χ0n) is 13.8. The number of hydrogen-bond donors (Lipinski definition) is 1. The highest BCUT2D eigenvalue weighted by Crippen LogP contribution is 2.16. The molecule has 2 heterocycles. The van der Waals surface area contributed by atoms with E-state index >= 15 is 0 Å². The molecule has 1 aliphatic heterocycles. The third-order valence-corrected chi connectivity index (χ3v) is 4.20. The fourth-order valence-electron chi connectivity index (χ4n) is 2.83. The predicted octanol–water partition coefficient (Wildman–Crippen LogP) is 1.74. The molecular weight excluding hydrogens is 324 g/mol. The van der Waals surface area contributed by atoms with Gasteiger partial charge in [-0.05, 0) is 18.2 Å². The SMILES string of the molecule is O=C(NCCN1CCN(c2ccccc2)CC1)c1ccc([N+](=O)[O-])o1. The van der Waals surface area contributed by atoms with E-state index in [1.54, 1.807) is 0 Å². The minimum atomic E-state index is -0.664. The number of carbonyl (C=O) groups is 1. The minimum Gasteiger partial charge on any atom is -0.395 e. The molecule has 0 radical (unpaired) electrons. The Balaban J connectivity index is 1.40. The average Bonchev–Trinajstić information content (AvgIpc) is 3.14. The fourth-order valence-corrected chi connectivity index (χ4v) is 2.83. The second-order valence-corrected chi connectivity index (χ2v) is 5.82. The number of rotatable bonds is 6. The summed E-state index contributed by atoms with van der Waals surface area (Å²) in [5.41, 5.74) is 1.23. The molecule has 0 unspecified atom stereocenters. The monoisotopic (exact) mass is 344 g/mol. The highest BCUT2D eigenvalue weighted by Gasteiger charge is 2.19. The first kappa shape index (κ1) is 17.0. The molecule has 0 saturated carbocycles. The Bertz CT molecular complexity index is 723. The molecule has 1 aromatic heterocycles. The van der Waals surface area contributed by atoms with Gasteiger partial charge >= 0.3 is 5.88 Å². The maximum atomic E-state index is 11.9. The van der Waals surface area contributed by atoms with Gasteiger partial charge in [-0.15, -0.1) is 0 Å². The second-order valence-electron chi connectivity index (χ2n) is 5.82. The maximum Gasteiger partial charge on any atom is 0.433 e. The molecule has 132 valence electrons. The van der Waals surface area contributed by atoms with Crippen molar-refractivity contribution in [3.05, 3.63) is 58.3 Å². The molecule has 25 heavy (non-hydrogen) atoms. The van der Waals surface area contributed by atoms with Crippen LogP contribution in [0.15, 0.2) is 46.9 Å². The summed E-state index contributed by atoms with van der Waals surface area (Å²) in [5, 5.41) is 13.3. The molecule has 8 nitrogen and oxygen atoms in total. The number of nitro groups is 1. The van der Waals surface area contributed by atoms with Crippen LogP contribution in [-0.4, -0.2) is 55.0 Å². The molecule has 1 amide bonds. The molecule has 1 N–H and O–H groups in total. The zero-order chi connectivity index (χ0) is 17.6. The van der Waals surface area contributed by atoms with E-state index in [4.69, 9.17) is 4.42 Å². The minimum absolute atomic E-state index is 0.0411. The van der Waals surface area contributed by atoms with Crippen LogP contribution in [0.1, 0.15) is 10.6 Å². The third kappa shape index (κ3) is 4.36. The first-order chi connectivity index (χ1) is 12.1. The van der Waals surface area contributed by atoms with Gasteiger partial charge in [0.15, 0.2) is 5.76 Å². The number of nitrogens with one attached hydrogen (secondary N) is 1. The van der Waals surface area contributed by atoms with E-state index in [0.717, 1.165) is 32.7 Å². The van der Waals surface area contributed by atoms with E-state index < -0.39 is 16.7 Å². The summed E-state index contributed by atoms with van der Waals surface area (Å²) in [6.07, 6.45) is 0. The van der Waals surface area contributed by atoms with E-state index in [1.165, 1.54) is 17.8 Å². The second kappa shape index (κ2) is 7.80. The molecule has 1 fully saturated rings. The lowest BCUT2D eigenvalue weighted by atomic mass is 10.2. The Hall–Kier alpha value is -2.87. The molecule has 1 aromatic carbocycles. The summed E-state index contributed by atoms with van der Waals surface area (Å²) in [6, 6.07) is 12.8. The van der Waals surface area contributed by atoms with Gasteiger partial charge in [-0.3, -0.25) is 19.8 Å². The molecule has 1 aliphatic rings. The molecule has 0 spiro atoms.